The number of aromatic nitrogens is 3. The molecule has 2 aliphatic heterocycles. The smallest absolute Gasteiger partial charge is 0.218 e. The monoisotopic (exact) mass is 671 g/mol. The Balaban J connectivity index is 1.13. The van der Waals surface area contributed by atoms with Crippen molar-refractivity contribution in [2.24, 2.45) is 0 Å². The van der Waals surface area contributed by atoms with Crippen molar-refractivity contribution in [2.45, 2.75) is 31.2 Å². The van der Waals surface area contributed by atoms with Crippen LogP contribution in [0.25, 0.3) is 86.5 Å². The largest absolute Gasteiger partial charge is 0.308 e. The van der Waals surface area contributed by atoms with Gasteiger partial charge in [0.25, 0.3) is 0 Å². The molecule has 0 radical (unpaired) electrons. The van der Waals surface area contributed by atoms with Gasteiger partial charge in [0.05, 0.1) is 28.5 Å². The van der Waals surface area contributed by atoms with Crippen molar-refractivity contribution >= 4 is 75.3 Å². The van der Waals surface area contributed by atoms with E-state index in [1.54, 1.807) is 0 Å². The molecule has 3 nitrogen and oxygen atoms in total. The molecule has 0 amide bonds. The van der Waals surface area contributed by atoms with Crippen LogP contribution in [0.15, 0.2) is 146 Å². The molecule has 0 spiro atoms. The highest BCUT2D eigenvalue weighted by Crippen LogP contribution is 2.47. The summed E-state index contributed by atoms with van der Waals surface area (Å²) in [5, 5.41) is 8.01. The number of para-hydroxylation sites is 1. The summed E-state index contributed by atoms with van der Waals surface area (Å²) in [6.45, 7) is 4.77. The molecule has 0 fully saturated rings. The summed E-state index contributed by atoms with van der Waals surface area (Å²) in [5.41, 5.74) is 13.1. The Labute approximate surface area is 298 Å². The second kappa shape index (κ2) is 10.1. The van der Waals surface area contributed by atoms with Crippen LogP contribution in [0.5, 0.6) is 0 Å². The quantitative estimate of drug-likeness (QED) is 0.142. The van der Waals surface area contributed by atoms with Gasteiger partial charge in [-0.2, -0.15) is 9.13 Å². The third-order valence-electron chi connectivity index (χ3n) is 12.0. The summed E-state index contributed by atoms with van der Waals surface area (Å²) in [5.74, 6) is 0.363. The SMILES string of the molecule is C=C1CC2C(CCc3cc4c(cc3-c3cccc[n+]31)c1cccc3c5cc6c(cc5n4c13)sc1ccccc16)c1ccccc1-c1cccc[n+]12. The maximum absolute atomic E-state index is 4.77. The average molecular weight is 672 g/mol. The minimum absolute atomic E-state index is 0.279. The predicted octanol–water partition coefficient (Wildman–Crippen LogP) is 11.3. The maximum Gasteiger partial charge on any atom is 0.218 e. The molecular weight excluding hydrogens is 639 g/mol. The number of fused-ring (bicyclic) bond motifs is 18. The Kier molecular flexibility index (Phi) is 5.54. The molecule has 240 valence electrons. The molecule has 0 saturated heterocycles. The zero-order valence-electron chi connectivity index (χ0n) is 28.0. The van der Waals surface area contributed by atoms with Gasteiger partial charge in [0, 0.05) is 77.5 Å². The van der Waals surface area contributed by atoms with Gasteiger partial charge in [-0.1, -0.05) is 54.6 Å². The summed E-state index contributed by atoms with van der Waals surface area (Å²) >= 11 is 1.90. The number of pyridine rings is 2. The van der Waals surface area contributed by atoms with Crippen molar-refractivity contribution in [3.63, 3.8) is 0 Å². The number of hydrogen-bond acceptors (Lipinski definition) is 1. The van der Waals surface area contributed by atoms with Crippen LogP contribution >= 0.6 is 11.3 Å². The van der Waals surface area contributed by atoms with Crippen molar-refractivity contribution in [1.82, 2.24) is 4.40 Å². The van der Waals surface area contributed by atoms with Gasteiger partial charge in [-0.25, -0.2) is 0 Å². The van der Waals surface area contributed by atoms with E-state index in [4.69, 9.17) is 6.58 Å². The summed E-state index contributed by atoms with van der Waals surface area (Å²) < 4.78 is 10.2. The number of aryl methyl sites for hydroxylation is 1. The van der Waals surface area contributed by atoms with Gasteiger partial charge in [0.15, 0.2) is 24.1 Å². The molecule has 4 heteroatoms. The van der Waals surface area contributed by atoms with E-state index in [2.05, 4.69) is 153 Å². The lowest BCUT2D eigenvalue weighted by Crippen LogP contribution is -2.49. The van der Waals surface area contributed by atoms with Gasteiger partial charge < -0.3 is 4.40 Å². The van der Waals surface area contributed by atoms with Gasteiger partial charge in [0.1, 0.15) is 0 Å². The molecule has 0 bridgehead atoms. The van der Waals surface area contributed by atoms with Crippen molar-refractivity contribution in [3.05, 3.63) is 157 Å². The lowest BCUT2D eigenvalue weighted by atomic mass is 9.77. The molecule has 12 rings (SSSR count). The molecule has 2 aliphatic rings. The van der Waals surface area contributed by atoms with Gasteiger partial charge in [-0.05, 0) is 79.1 Å². The van der Waals surface area contributed by atoms with E-state index >= 15 is 0 Å². The molecule has 5 aromatic heterocycles. The molecule has 0 N–H and O–H groups in total. The van der Waals surface area contributed by atoms with E-state index in [0.717, 1.165) is 25.0 Å². The van der Waals surface area contributed by atoms with Crippen molar-refractivity contribution in [2.75, 3.05) is 0 Å². The zero-order chi connectivity index (χ0) is 33.4. The molecule has 10 aromatic rings. The molecule has 0 aliphatic carbocycles. The van der Waals surface area contributed by atoms with Gasteiger partial charge in [-0.15, -0.1) is 11.3 Å². The van der Waals surface area contributed by atoms with E-state index in [9.17, 15) is 0 Å². The first-order chi connectivity index (χ1) is 25.2. The van der Waals surface area contributed by atoms with Crippen LogP contribution in [0.2, 0.25) is 0 Å². The fourth-order valence-corrected chi connectivity index (χ4v) is 11.0. The van der Waals surface area contributed by atoms with Gasteiger partial charge in [0.2, 0.25) is 11.4 Å². The minimum atomic E-state index is 0.279. The van der Waals surface area contributed by atoms with Crippen LogP contribution in [0.3, 0.4) is 0 Å². The Hall–Kier alpha value is -5.84. The molecule has 5 aromatic carbocycles. The Morgan fingerprint density at radius 1 is 0.608 bits per heavy atom. The fourth-order valence-electron chi connectivity index (χ4n) is 9.83. The van der Waals surface area contributed by atoms with Crippen molar-refractivity contribution in [3.8, 4) is 22.5 Å². The van der Waals surface area contributed by atoms with E-state index in [-0.39, 0.29) is 6.04 Å². The van der Waals surface area contributed by atoms with E-state index < -0.39 is 0 Å². The van der Waals surface area contributed by atoms with Crippen molar-refractivity contribution in [1.29, 1.82) is 0 Å². The molecule has 2 atom stereocenters. The number of benzene rings is 5. The highest BCUT2D eigenvalue weighted by molar-refractivity contribution is 7.25. The van der Waals surface area contributed by atoms with E-state index in [1.807, 2.05) is 11.3 Å². The van der Waals surface area contributed by atoms with Gasteiger partial charge in [-0.3, -0.25) is 0 Å². The minimum Gasteiger partial charge on any atom is -0.308 e. The maximum atomic E-state index is 4.77. The fraction of sp³-hybridized carbons (Fsp3) is 0.106. The Bertz CT molecular complexity index is 3110. The Morgan fingerprint density at radius 3 is 2.27 bits per heavy atom. The number of hydrogen-bond donors (Lipinski definition) is 0. The lowest BCUT2D eigenvalue weighted by molar-refractivity contribution is -0.720. The van der Waals surface area contributed by atoms with Crippen molar-refractivity contribution < 1.29 is 9.13 Å². The van der Waals surface area contributed by atoms with Crippen LogP contribution in [-0.2, 0) is 6.42 Å². The van der Waals surface area contributed by atoms with Crippen LogP contribution in [0, 0.1) is 0 Å². The van der Waals surface area contributed by atoms with Crippen LogP contribution in [0.1, 0.15) is 35.9 Å². The second-order valence-electron chi connectivity index (χ2n) is 14.5. The molecule has 51 heavy (non-hydrogen) atoms. The first-order valence-corrected chi connectivity index (χ1v) is 18.9. The summed E-state index contributed by atoms with van der Waals surface area (Å²) in [6.07, 6.45) is 7.43. The highest BCUT2D eigenvalue weighted by atomic mass is 32.1. The zero-order valence-corrected chi connectivity index (χ0v) is 28.8. The lowest BCUT2D eigenvalue weighted by Gasteiger charge is -2.31. The number of rotatable bonds is 0. The average Bonchev–Trinajstić information content (AvgIpc) is 3.82. The third kappa shape index (κ3) is 3.73. The summed E-state index contributed by atoms with van der Waals surface area (Å²) in [7, 11) is 0. The molecule has 2 unspecified atom stereocenters. The number of allylic oxidation sites excluding steroid dienone is 1. The normalized spacial score (nSPS) is 17.2. The first-order valence-electron chi connectivity index (χ1n) is 18.1. The topological polar surface area (TPSA) is 12.2 Å². The standard InChI is InChI=1S/C47H33N3S/c1-28-23-42-32(30-11-2-3-12-31(30)40-16-7-9-22-49(40)42)20-19-29-24-43-37(25-36(29)41-17-6-8-21-48(28)41)34-14-10-15-35-38-26-39-33-13-4-5-18-45(33)51-46(39)27-44(38)50(43)47(34)35/h2-18,21-22,24-27,32,42H,1,19-20,23H2/q+2. The predicted molar refractivity (Wildman–Crippen MR) is 212 cm³/mol. The molecular formula is C47H33N3S+2. The van der Waals surface area contributed by atoms with Crippen LogP contribution < -0.4 is 9.13 Å². The number of thiophene rings is 1. The Morgan fingerprint density at radius 2 is 1.35 bits per heavy atom. The number of nitrogens with zero attached hydrogens (tertiary/aromatic N) is 3. The van der Waals surface area contributed by atoms with E-state index in [0.29, 0.717) is 5.92 Å². The molecule has 7 heterocycles. The van der Waals surface area contributed by atoms with Crippen LogP contribution in [0.4, 0.5) is 0 Å². The third-order valence-corrected chi connectivity index (χ3v) is 13.2. The second-order valence-corrected chi connectivity index (χ2v) is 15.6. The summed E-state index contributed by atoms with van der Waals surface area (Å²) in [4.78, 5) is 0. The van der Waals surface area contributed by atoms with Gasteiger partial charge >= 0.3 is 0 Å². The highest BCUT2D eigenvalue weighted by Gasteiger charge is 2.42. The van der Waals surface area contributed by atoms with E-state index in [1.165, 1.54) is 91.9 Å². The summed E-state index contributed by atoms with van der Waals surface area (Å²) in [6, 6.07) is 48.3. The first kappa shape index (κ1) is 27.9. The van der Waals surface area contributed by atoms with Crippen LogP contribution in [-0.4, -0.2) is 4.40 Å². The molecule has 0 saturated carbocycles.